The summed E-state index contributed by atoms with van der Waals surface area (Å²) in [7, 11) is 6.17. The van der Waals surface area contributed by atoms with Crippen molar-refractivity contribution >= 4 is 35.5 Å². The number of ether oxygens (including phenoxy) is 2. The van der Waals surface area contributed by atoms with Crippen LogP contribution in [0.1, 0.15) is 65.5 Å². The number of hydrogen-bond donors (Lipinski definition) is 3. The molecule has 3 N–H and O–H groups in total. The molecule has 0 fully saturated rings. The van der Waals surface area contributed by atoms with Crippen molar-refractivity contribution in [3.05, 3.63) is 84.4 Å². The van der Waals surface area contributed by atoms with E-state index < -0.39 is 65.9 Å². The minimum absolute atomic E-state index is 0.0226. The summed E-state index contributed by atoms with van der Waals surface area (Å²) in [6.45, 7) is 14.3. The Labute approximate surface area is 345 Å². The Bertz CT molecular complexity index is 1640. The minimum atomic E-state index is -1.25. The van der Waals surface area contributed by atoms with Crippen molar-refractivity contribution in [2.45, 2.75) is 104 Å². The van der Waals surface area contributed by atoms with Crippen molar-refractivity contribution in [1.82, 2.24) is 30.7 Å². The highest BCUT2D eigenvalue weighted by Gasteiger charge is 2.39. The fourth-order valence-electron chi connectivity index (χ4n) is 6.31. The molecule has 0 heterocycles. The van der Waals surface area contributed by atoms with Gasteiger partial charge in [-0.2, -0.15) is 0 Å². The third kappa shape index (κ3) is 15.7. The van der Waals surface area contributed by atoms with E-state index in [4.69, 9.17) is 9.47 Å². The first kappa shape index (κ1) is 49.1. The number of nitrogens with zero attached hydrogens (tertiary/aromatic N) is 3. The van der Waals surface area contributed by atoms with Crippen LogP contribution in [0.4, 0.5) is 0 Å². The molecule has 0 bridgehead atoms. The van der Waals surface area contributed by atoms with E-state index in [1.54, 1.807) is 27.9 Å². The zero-order valence-electron chi connectivity index (χ0n) is 36.0. The Kier molecular flexibility index (Phi) is 20.8. The van der Waals surface area contributed by atoms with E-state index >= 15 is 0 Å². The number of carbonyl (C=O) groups excluding carboxylic acids is 6. The fourth-order valence-corrected chi connectivity index (χ4v) is 6.31. The van der Waals surface area contributed by atoms with E-state index in [-0.39, 0.29) is 56.8 Å². The molecule has 14 nitrogen and oxygen atoms in total. The van der Waals surface area contributed by atoms with Crippen LogP contribution < -0.4 is 16.0 Å². The number of likely N-dealkylation sites (N-methyl/N-ethyl adjacent to an activating group) is 4. The van der Waals surface area contributed by atoms with Gasteiger partial charge in [-0.15, -0.1) is 0 Å². The second kappa shape index (κ2) is 24.6. The van der Waals surface area contributed by atoms with Crippen molar-refractivity contribution in [3.63, 3.8) is 0 Å². The van der Waals surface area contributed by atoms with Gasteiger partial charge in [-0.1, -0.05) is 101 Å². The lowest BCUT2D eigenvalue weighted by Crippen LogP contribution is -2.61. The van der Waals surface area contributed by atoms with Crippen LogP contribution in [0.5, 0.6) is 0 Å². The molecule has 14 heteroatoms. The fraction of sp³-hybridized carbons (Fsp3) is 0.545. The van der Waals surface area contributed by atoms with Gasteiger partial charge >= 0.3 is 5.97 Å². The first-order valence-corrected chi connectivity index (χ1v) is 19.9. The largest absolute Gasteiger partial charge is 0.460 e. The summed E-state index contributed by atoms with van der Waals surface area (Å²) in [6.07, 6.45) is 1.26. The van der Waals surface area contributed by atoms with Gasteiger partial charge in [-0.3, -0.25) is 28.8 Å². The normalized spacial score (nSPS) is 14.3. The van der Waals surface area contributed by atoms with Crippen LogP contribution >= 0.6 is 0 Å². The Morgan fingerprint density at radius 3 is 1.78 bits per heavy atom. The quantitative estimate of drug-likeness (QED) is 0.107. The van der Waals surface area contributed by atoms with Crippen LogP contribution in [0.15, 0.2) is 73.3 Å². The molecule has 6 atom stereocenters. The van der Waals surface area contributed by atoms with E-state index in [0.29, 0.717) is 0 Å². The maximum absolute atomic E-state index is 14.5. The second-order valence-corrected chi connectivity index (χ2v) is 15.6. The first-order chi connectivity index (χ1) is 27.4. The van der Waals surface area contributed by atoms with Crippen molar-refractivity contribution < 1.29 is 38.2 Å². The molecular weight excluding hydrogens is 741 g/mol. The maximum Gasteiger partial charge on any atom is 0.325 e. The van der Waals surface area contributed by atoms with Gasteiger partial charge in [0, 0.05) is 27.6 Å². The lowest BCUT2D eigenvalue weighted by Gasteiger charge is -2.35. The molecule has 0 aromatic heterocycles. The summed E-state index contributed by atoms with van der Waals surface area (Å²) in [4.78, 5) is 86.6. The topological polar surface area (TPSA) is 167 Å². The molecule has 2 rings (SSSR count). The highest BCUT2D eigenvalue weighted by molar-refractivity contribution is 5.96. The molecular formula is C44H66N6O8. The van der Waals surface area contributed by atoms with E-state index in [1.165, 1.54) is 30.0 Å². The van der Waals surface area contributed by atoms with Gasteiger partial charge in [0.2, 0.25) is 29.5 Å². The third-order valence-electron chi connectivity index (χ3n) is 9.82. The monoisotopic (exact) mass is 806 g/mol. The smallest absolute Gasteiger partial charge is 0.325 e. The average Bonchev–Trinajstić information content (AvgIpc) is 3.20. The molecule has 0 aliphatic heterocycles. The zero-order chi connectivity index (χ0) is 43.5. The maximum atomic E-state index is 14.5. The molecule has 58 heavy (non-hydrogen) atoms. The summed E-state index contributed by atoms with van der Waals surface area (Å²) in [5, 5.41) is 8.71. The number of amides is 5. The second-order valence-electron chi connectivity index (χ2n) is 15.6. The molecule has 320 valence electrons. The summed E-state index contributed by atoms with van der Waals surface area (Å²) < 4.78 is 11.2. The van der Waals surface area contributed by atoms with Crippen LogP contribution in [0.2, 0.25) is 0 Å². The molecule has 2 aromatic rings. The van der Waals surface area contributed by atoms with Crippen molar-refractivity contribution in [2.75, 3.05) is 41.3 Å². The molecule has 0 aliphatic carbocycles. The van der Waals surface area contributed by atoms with Crippen LogP contribution in [0.3, 0.4) is 0 Å². The van der Waals surface area contributed by atoms with Crippen LogP contribution in [0.25, 0.3) is 0 Å². The van der Waals surface area contributed by atoms with Gasteiger partial charge in [0.25, 0.3) is 0 Å². The van der Waals surface area contributed by atoms with Gasteiger partial charge < -0.3 is 40.1 Å². The molecule has 2 aromatic carbocycles. The standard InChI is InChI=1S/C44H66N6O8/c1-12-23-57-38(51)27-48(9)44(56)39(32(7)58-28-34-21-17-14-18-22-34)47-41(53)36(25-30(4)5)50(11)43(55)35(24-29(2)3)46-40(52)37(26-33-19-15-13-16-20-33)49(10)42(54)31(6)45-8/h12-22,29-32,35-37,39,45H,1,23-28H2,2-11H3,(H,46,52)(H,47,53)/t31?,32?,35?,36?,37?,39-/m0/s1. The Hall–Kier alpha value is -5.08. The van der Waals surface area contributed by atoms with Gasteiger partial charge in [-0.25, -0.2) is 0 Å². The van der Waals surface area contributed by atoms with Crippen molar-refractivity contribution in [2.24, 2.45) is 11.8 Å². The molecule has 0 saturated carbocycles. The number of benzene rings is 2. The SMILES string of the molecule is C=CCOC(=O)CN(C)C(=O)[C@@H](NC(=O)C(CC(C)C)N(C)C(=O)C(CC(C)C)NC(=O)C(Cc1ccccc1)N(C)C(=O)C(C)NC)C(C)OCc1ccccc1. The zero-order valence-corrected chi connectivity index (χ0v) is 36.0. The lowest BCUT2D eigenvalue weighted by atomic mass is 9.97. The van der Waals surface area contributed by atoms with Gasteiger partial charge in [0.1, 0.15) is 37.3 Å². The summed E-state index contributed by atoms with van der Waals surface area (Å²) in [5.74, 6) is -3.25. The highest BCUT2D eigenvalue weighted by Crippen LogP contribution is 2.18. The summed E-state index contributed by atoms with van der Waals surface area (Å²) in [5.41, 5.74) is 1.69. The number of rotatable bonds is 24. The average molecular weight is 807 g/mol. The van der Waals surface area contributed by atoms with Gasteiger partial charge in [-0.05, 0) is 56.7 Å². The Morgan fingerprint density at radius 1 is 0.707 bits per heavy atom. The number of nitrogens with one attached hydrogen (secondary N) is 3. The molecule has 5 amide bonds. The minimum Gasteiger partial charge on any atom is -0.460 e. The summed E-state index contributed by atoms with van der Waals surface area (Å²) >= 11 is 0. The highest BCUT2D eigenvalue weighted by atomic mass is 16.5. The summed E-state index contributed by atoms with van der Waals surface area (Å²) in [6, 6.07) is 13.8. The van der Waals surface area contributed by atoms with Gasteiger partial charge in [0.15, 0.2) is 0 Å². The predicted octanol–water partition coefficient (Wildman–Crippen LogP) is 3.35. The van der Waals surface area contributed by atoms with E-state index in [2.05, 4.69) is 22.5 Å². The predicted molar refractivity (Wildman–Crippen MR) is 224 cm³/mol. The van der Waals surface area contributed by atoms with E-state index in [0.717, 1.165) is 16.0 Å². The number of esters is 1. The van der Waals surface area contributed by atoms with Crippen LogP contribution in [-0.2, 0) is 51.3 Å². The van der Waals surface area contributed by atoms with Crippen LogP contribution in [-0.4, -0.2) is 128 Å². The Balaban J connectivity index is 2.45. The number of hydrogen-bond acceptors (Lipinski definition) is 9. The molecule has 0 aliphatic rings. The number of carbonyl (C=O) groups is 6. The van der Waals surface area contributed by atoms with Crippen molar-refractivity contribution in [3.8, 4) is 0 Å². The molecule has 5 unspecified atom stereocenters. The lowest BCUT2D eigenvalue weighted by molar-refractivity contribution is -0.151. The molecule has 0 spiro atoms. The molecule has 0 saturated heterocycles. The molecule has 0 radical (unpaired) electrons. The van der Waals surface area contributed by atoms with Gasteiger partial charge in [0.05, 0.1) is 18.8 Å². The van der Waals surface area contributed by atoms with E-state index in [9.17, 15) is 28.8 Å². The third-order valence-corrected chi connectivity index (χ3v) is 9.82. The Morgan fingerprint density at radius 2 is 1.24 bits per heavy atom. The van der Waals surface area contributed by atoms with E-state index in [1.807, 2.05) is 88.4 Å². The van der Waals surface area contributed by atoms with Crippen molar-refractivity contribution in [1.29, 1.82) is 0 Å². The first-order valence-electron chi connectivity index (χ1n) is 19.9. The van der Waals surface area contributed by atoms with Crippen LogP contribution in [0, 0.1) is 11.8 Å².